The first-order chi connectivity index (χ1) is 7.26. The van der Waals surface area contributed by atoms with Crippen molar-refractivity contribution in [2.75, 3.05) is 0 Å². The van der Waals surface area contributed by atoms with Gasteiger partial charge >= 0.3 is 11.9 Å². The van der Waals surface area contributed by atoms with Gasteiger partial charge in [0.2, 0.25) is 6.08 Å². The maximum Gasteiger partial charge on any atom is 0.329 e. The first-order valence-corrected chi connectivity index (χ1v) is 4.78. The summed E-state index contributed by atoms with van der Waals surface area (Å²) in [5.41, 5.74) is -0.607. The van der Waals surface area contributed by atoms with E-state index < -0.39 is 23.6 Å². The molecule has 0 aliphatic carbocycles. The average molecular weight is 229 g/mol. The van der Waals surface area contributed by atoms with Gasteiger partial charge in [-0.2, -0.15) is 4.99 Å². The molecular formula is C10H15NO5. The maximum absolute atomic E-state index is 11.2. The van der Waals surface area contributed by atoms with E-state index in [1.165, 1.54) is 0 Å². The normalized spacial score (nSPS) is 12.4. The van der Waals surface area contributed by atoms with Gasteiger partial charge < -0.3 is 9.84 Å². The predicted octanol–water partition coefficient (Wildman–Crippen LogP) is 0.897. The molecule has 0 fully saturated rings. The predicted molar refractivity (Wildman–Crippen MR) is 54.6 cm³/mol. The lowest BCUT2D eigenvalue weighted by Gasteiger charge is -2.19. The van der Waals surface area contributed by atoms with Crippen LogP contribution in [0.15, 0.2) is 4.99 Å². The summed E-state index contributed by atoms with van der Waals surface area (Å²) in [7, 11) is 0. The van der Waals surface area contributed by atoms with E-state index in [1.54, 1.807) is 20.8 Å². The second kappa shape index (κ2) is 6.02. The molecule has 0 rings (SSSR count). The van der Waals surface area contributed by atoms with Crippen molar-refractivity contribution in [3.05, 3.63) is 0 Å². The van der Waals surface area contributed by atoms with Crippen molar-refractivity contribution in [1.82, 2.24) is 0 Å². The van der Waals surface area contributed by atoms with Crippen molar-refractivity contribution in [2.24, 2.45) is 4.99 Å². The minimum absolute atomic E-state index is 0.0700. The number of esters is 1. The molecule has 1 N–H and O–H groups in total. The molecule has 0 spiro atoms. The highest BCUT2D eigenvalue weighted by Gasteiger charge is 2.21. The van der Waals surface area contributed by atoms with Gasteiger partial charge in [0.25, 0.3) is 0 Å². The molecule has 90 valence electrons. The Hall–Kier alpha value is -1.68. The average Bonchev–Trinajstić information content (AvgIpc) is 2.08. The first-order valence-electron chi connectivity index (χ1n) is 4.78. The third-order valence-electron chi connectivity index (χ3n) is 1.54. The molecule has 6 heteroatoms. The topological polar surface area (TPSA) is 93.0 Å². The highest BCUT2D eigenvalue weighted by molar-refractivity contribution is 5.76. The van der Waals surface area contributed by atoms with Crippen LogP contribution in [0, 0.1) is 0 Å². The van der Waals surface area contributed by atoms with Gasteiger partial charge in [-0.1, -0.05) is 0 Å². The molecule has 0 aliphatic heterocycles. The van der Waals surface area contributed by atoms with Crippen LogP contribution < -0.4 is 0 Å². The number of carbonyl (C=O) groups is 2. The summed E-state index contributed by atoms with van der Waals surface area (Å²) in [5.74, 6) is -1.77. The molecule has 0 saturated heterocycles. The number of carboxylic acid groups (broad SMARTS) is 1. The van der Waals surface area contributed by atoms with E-state index >= 15 is 0 Å². The van der Waals surface area contributed by atoms with Crippen LogP contribution in [0.5, 0.6) is 0 Å². The SMILES string of the molecule is CC(C)(C)OC(=O)CC[C@H](N=C=O)C(=O)O. The summed E-state index contributed by atoms with van der Waals surface area (Å²) in [6.07, 6.45) is 0.995. The van der Waals surface area contributed by atoms with Crippen molar-refractivity contribution in [3.8, 4) is 0 Å². The highest BCUT2D eigenvalue weighted by Crippen LogP contribution is 2.10. The van der Waals surface area contributed by atoms with Crippen molar-refractivity contribution in [3.63, 3.8) is 0 Å². The summed E-state index contributed by atoms with van der Waals surface area (Å²) < 4.78 is 4.97. The Morgan fingerprint density at radius 1 is 1.44 bits per heavy atom. The van der Waals surface area contributed by atoms with Gasteiger partial charge in [0, 0.05) is 6.42 Å². The molecule has 0 heterocycles. The van der Waals surface area contributed by atoms with Crippen LogP contribution in [0.4, 0.5) is 0 Å². The van der Waals surface area contributed by atoms with Crippen molar-refractivity contribution in [1.29, 1.82) is 0 Å². The second-order valence-electron chi connectivity index (χ2n) is 4.20. The monoisotopic (exact) mass is 229 g/mol. The molecule has 0 bridgehead atoms. The number of ether oxygens (including phenoxy) is 1. The summed E-state index contributed by atoms with van der Waals surface area (Å²) >= 11 is 0. The lowest BCUT2D eigenvalue weighted by Crippen LogP contribution is -2.25. The Kier molecular flexibility index (Phi) is 5.39. The van der Waals surface area contributed by atoms with Gasteiger partial charge in [-0.05, 0) is 27.2 Å². The molecule has 0 aromatic rings. The van der Waals surface area contributed by atoms with Gasteiger partial charge in [-0.25, -0.2) is 9.59 Å². The van der Waals surface area contributed by atoms with Crippen molar-refractivity contribution >= 4 is 18.0 Å². The zero-order valence-corrected chi connectivity index (χ0v) is 9.52. The number of rotatable bonds is 5. The van der Waals surface area contributed by atoms with E-state index in [0.717, 1.165) is 6.08 Å². The molecule has 0 aromatic carbocycles. The minimum atomic E-state index is -1.26. The minimum Gasteiger partial charge on any atom is -0.480 e. The molecule has 0 aliphatic rings. The van der Waals surface area contributed by atoms with Crippen LogP contribution >= 0.6 is 0 Å². The van der Waals surface area contributed by atoms with E-state index in [1.807, 2.05) is 0 Å². The Morgan fingerprint density at radius 2 is 2.00 bits per heavy atom. The molecule has 16 heavy (non-hydrogen) atoms. The Labute approximate surface area is 93.3 Å². The van der Waals surface area contributed by atoms with Crippen LogP contribution in [0.25, 0.3) is 0 Å². The van der Waals surface area contributed by atoms with Gasteiger partial charge in [-0.3, -0.25) is 4.79 Å². The van der Waals surface area contributed by atoms with Crippen molar-refractivity contribution in [2.45, 2.75) is 45.3 Å². The smallest absolute Gasteiger partial charge is 0.329 e. The molecule has 0 radical (unpaired) electrons. The summed E-state index contributed by atoms with van der Waals surface area (Å²) in [6.45, 7) is 5.13. The molecule has 6 nitrogen and oxygen atoms in total. The Bertz CT molecular complexity index is 310. The number of hydrogen-bond acceptors (Lipinski definition) is 5. The molecule has 0 amide bonds. The third-order valence-corrected chi connectivity index (χ3v) is 1.54. The maximum atomic E-state index is 11.2. The van der Waals surface area contributed by atoms with Gasteiger partial charge in [-0.15, -0.1) is 0 Å². The van der Waals surface area contributed by atoms with Gasteiger partial charge in [0.1, 0.15) is 5.60 Å². The molecule has 0 saturated carbocycles. The van der Waals surface area contributed by atoms with Crippen LogP contribution in [0.3, 0.4) is 0 Å². The molecule has 1 atom stereocenters. The number of carbonyl (C=O) groups excluding carboxylic acids is 2. The fourth-order valence-electron chi connectivity index (χ4n) is 0.954. The summed E-state index contributed by atoms with van der Waals surface area (Å²) in [4.78, 5) is 34.8. The molecular weight excluding hydrogens is 214 g/mol. The lowest BCUT2D eigenvalue weighted by molar-refractivity contribution is -0.155. The van der Waals surface area contributed by atoms with E-state index in [9.17, 15) is 14.4 Å². The first kappa shape index (κ1) is 14.3. The van der Waals surface area contributed by atoms with Crippen molar-refractivity contribution < 1.29 is 24.2 Å². The third kappa shape index (κ3) is 6.73. The highest BCUT2D eigenvalue weighted by atomic mass is 16.6. The number of nitrogens with zero attached hydrogens (tertiary/aromatic N) is 1. The van der Waals surface area contributed by atoms with E-state index in [-0.39, 0.29) is 12.8 Å². The summed E-state index contributed by atoms with van der Waals surface area (Å²) in [6, 6.07) is -1.23. The van der Waals surface area contributed by atoms with E-state index in [0.29, 0.717) is 0 Å². The Morgan fingerprint density at radius 3 is 2.38 bits per heavy atom. The second-order valence-corrected chi connectivity index (χ2v) is 4.20. The Balaban J connectivity index is 4.17. The quantitative estimate of drug-likeness (QED) is 0.429. The number of aliphatic carboxylic acids is 1. The molecule has 0 unspecified atom stereocenters. The number of carboxylic acids is 1. The number of hydrogen-bond donors (Lipinski definition) is 1. The molecule has 0 aromatic heterocycles. The largest absolute Gasteiger partial charge is 0.480 e. The lowest BCUT2D eigenvalue weighted by atomic mass is 10.1. The summed E-state index contributed by atoms with van der Waals surface area (Å²) in [5, 5.41) is 8.63. The zero-order valence-electron chi connectivity index (χ0n) is 9.52. The number of isocyanates is 1. The van der Waals surface area contributed by atoms with Crippen LogP contribution in [0.1, 0.15) is 33.6 Å². The fourth-order valence-corrected chi connectivity index (χ4v) is 0.954. The zero-order chi connectivity index (χ0) is 12.8. The van der Waals surface area contributed by atoms with Crippen LogP contribution in [0.2, 0.25) is 0 Å². The number of aliphatic imine (C=N–C) groups is 1. The van der Waals surface area contributed by atoms with E-state index in [4.69, 9.17) is 9.84 Å². The van der Waals surface area contributed by atoms with Gasteiger partial charge in [0.15, 0.2) is 6.04 Å². The van der Waals surface area contributed by atoms with E-state index in [2.05, 4.69) is 4.99 Å². The standard InChI is InChI=1S/C10H15NO5/c1-10(2,3)16-8(13)5-4-7(9(14)15)11-6-12/h7H,4-5H2,1-3H3,(H,14,15)/t7-/m0/s1. The fraction of sp³-hybridized carbons (Fsp3) is 0.700. The van der Waals surface area contributed by atoms with Crippen LogP contribution in [-0.4, -0.2) is 34.8 Å². The van der Waals surface area contributed by atoms with Crippen LogP contribution in [-0.2, 0) is 19.1 Å². The van der Waals surface area contributed by atoms with Gasteiger partial charge in [0.05, 0.1) is 0 Å².